The summed E-state index contributed by atoms with van der Waals surface area (Å²) in [5, 5.41) is 10.9. The van der Waals surface area contributed by atoms with Gasteiger partial charge in [0, 0.05) is 11.3 Å². The average molecular weight is 498 g/mol. The predicted molar refractivity (Wildman–Crippen MR) is 136 cm³/mol. The van der Waals surface area contributed by atoms with E-state index in [9.17, 15) is 18.0 Å². The van der Waals surface area contributed by atoms with Crippen molar-refractivity contribution in [1.82, 2.24) is 5.43 Å². The topological polar surface area (TPSA) is 87.1 Å². The zero-order valence-corrected chi connectivity index (χ0v) is 19.9. The Bertz CT molecular complexity index is 1240. The van der Waals surface area contributed by atoms with Crippen molar-refractivity contribution in [2.24, 2.45) is 10.2 Å². The molecule has 3 aromatic rings. The predicted octanol–water partition coefficient (Wildman–Crippen LogP) is 6.70. The molecule has 36 heavy (non-hydrogen) atoms. The van der Waals surface area contributed by atoms with Gasteiger partial charge in [0.05, 0.1) is 17.6 Å². The molecule has 0 bridgehead atoms. The van der Waals surface area contributed by atoms with E-state index in [2.05, 4.69) is 31.1 Å². The van der Waals surface area contributed by atoms with Crippen LogP contribution in [0.2, 0.25) is 0 Å². The van der Waals surface area contributed by atoms with E-state index in [1.54, 1.807) is 37.3 Å². The van der Waals surface area contributed by atoms with Gasteiger partial charge in [-0.3, -0.25) is 5.43 Å². The standard InChI is InChI=1S/C26H26F3N5O2/c1-17(2)21-8-4-6-10-23(21)31-25(35)34-30-16-19-12-14-20(15-13-19)33-32-18(3)22-9-5-7-11-24(22)36-26(27,28)29/h4-17,33H,1-3H3,(H2,31,34,35). The van der Waals surface area contributed by atoms with Gasteiger partial charge in [-0.25, -0.2) is 10.2 Å². The number of hydrogen-bond donors (Lipinski definition) is 3. The van der Waals surface area contributed by atoms with E-state index in [0.29, 0.717) is 17.0 Å². The minimum Gasteiger partial charge on any atom is -0.405 e. The number of ether oxygens (including phenoxy) is 1. The first-order valence-corrected chi connectivity index (χ1v) is 11.1. The van der Waals surface area contributed by atoms with Gasteiger partial charge in [-0.05, 0) is 54.3 Å². The molecule has 0 atom stereocenters. The number of carbonyl (C=O) groups excluding carboxylic acids is 1. The molecule has 2 amide bonds. The van der Waals surface area contributed by atoms with E-state index in [4.69, 9.17) is 0 Å². The normalized spacial score (nSPS) is 12.0. The second kappa shape index (κ2) is 11.9. The third-order valence-electron chi connectivity index (χ3n) is 4.98. The molecular formula is C26H26F3N5O2. The molecule has 0 radical (unpaired) electrons. The zero-order valence-electron chi connectivity index (χ0n) is 19.9. The Balaban J connectivity index is 1.57. The van der Waals surface area contributed by atoms with Gasteiger partial charge in [-0.1, -0.05) is 56.3 Å². The molecule has 3 rings (SSSR count). The summed E-state index contributed by atoms with van der Waals surface area (Å²) in [7, 11) is 0. The van der Waals surface area contributed by atoms with Crippen LogP contribution in [0, 0.1) is 0 Å². The summed E-state index contributed by atoms with van der Waals surface area (Å²) in [6, 6.07) is 19.8. The number of anilines is 2. The first kappa shape index (κ1) is 26.3. The highest BCUT2D eigenvalue weighted by atomic mass is 19.4. The van der Waals surface area contributed by atoms with Gasteiger partial charge in [0.2, 0.25) is 0 Å². The van der Waals surface area contributed by atoms with Crippen molar-refractivity contribution in [2.45, 2.75) is 33.1 Å². The number of hydrogen-bond acceptors (Lipinski definition) is 5. The Hall–Kier alpha value is -4.34. The molecule has 0 heterocycles. The number of alkyl halides is 3. The summed E-state index contributed by atoms with van der Waals surface area (Å²) >= 11 is 0. The van der Waals surface area contributed by atoms with Crippen LogP contribution in [0.5, 0.6) is 5.75 Å². The van der Waals surface area contributed by atoms with Crippen LogP contribution in [0.4, 0.5) is 29.3 Å². The van der Waals surface area contributed by atoms with E-state index in [0.717, 1.165) is 11.3 Å². The molecule has 0 fully saturated rings. The zero-order chi connectivity index (χ0) is 26.1. The molecule has 3 N–H and O–H groups in total. The van der Waals surface area contributed by atoms with Crippen molar-refractivity contribution in [3.63, 3.8) is 0 Å². The summed E-state index contributed by atoms with van der Waals surface area (Å²) in [4.78, 5) is 12.2. The number of hydrazone groups is 2. The number of benzene rings is 3. The first-order chi connectivity index (χ1) is 17.1. The lowest BCUT2D eigenvalue weighted by Gasteiger charge is -2.13. The van der Waals surface area contributed by atoms with E-state index in [1.165, 1.54) is 24.4 Å². The number of rotatable bonds is 8. The van der Waals surface area contributed by atoms with Crippen LogP contribution in [0.1, 0.15) is 43.4 Å². The van der Waals surface area contributed by atoms with Crippen molar-refractivity contribution < 1.29 is 22.7 Å². The number of urea groups is 1. The number of amides is 2. The third-order valence-corrected chi connectivity index (χ3v) is 4.98. The van der Waals surface area contributed by atoms with Crippen molar-refractivity contribution in [1.29, 1.82) is 0 Å². The van der Waals surface area contributed by atoms with E-state index >= 15 is 0 Å². The van der Waals surface area contributed by atoms with Gasteiger partial charge in [-0.2, -0.15) is 10.2 Å². The van der Waals surface area contributed by atoms with Crippen LogP contribution < -0.4 is 20.9 Å². The molecule has 0 spiro atoms. The van der Waals surface area contributed by atoms with Gasteiger partial charge in [0.15, 0.2) is 0 Å². The van der Waals surface area contributed by atoms with Gasteiger partial charge in [-0.15, -0.1) is 13.2 Å². The highest BCUT2D eigenvalue weighted by Gasteiger charge is 2.32. The Morgan fingerprint density at radius 2 is 1.64 bits per heavy atom. The molecule has 10 heteroatoms. The summed E-state index contributed by atoms with van der Waals surface area (Å²) in [5.74, 6) is -0.0722. The molecule has 3 aromatic carbocycles. The van der Waals surface area contributed by atoms with E-state index < -0.39 is 12.4 Å². The molecule has 0 saturated carbocycles. The summed E-state index contributed by atoms with van der Waals surface area (Å²) in [6.45, 7) is 5.66. The van der Waals surface area contributed by atoms with Crippen LogP contribution in [-0.2, 0) is 0 Å². The van der Waals surface area contributed by atoms with Crippen LogP contribution in [0.15, 0.2) is 83.0 Å². The number of carbonyl (C=O) groups is 1. The first-order valence-electron chi connectivity index (χ1n) is 11.1. The van der Waals surface area contributed by atoms with E-state index in [-0.39, 0.29) is 17.2 Å². The van der Waals surface area contributed by atoms with Crippen LogP contribution in [-0.4, -0.2) is 24.3 Å². The number of halogens is 3. The van der Waals surface area contributed by atoms with Gasteiger partial charge in [0.1, 0.15) is 5.75 Å². The molecule has 0 aliphatic carbocycles. The maximum absolute atomic E-state index is 12.6. The lowest BCUT2D eigenvalue weighted by molar-refractivity contribution is -0.274. The fourth-order valence-corrected chi connectivity index (χ4v) is 3.26. The molecular weight excluding hydrogens is 471 g/mol. The van der Waals surface area contributed by atoms with Crippen molar-refractivity contribution >= 4 is 29.3 Å². The second-order valence-electron chi connectivity index (χ2n) is 8.04. The Kier molecular flexibility index (Phi) is 8.66. The number of nitrogens with one attached hydrogen (secondary N) is 3. The molecule has 7 nitrogen and oxygen atoms in total. The Morgan fingerprint density at radius 3 is 2.33 bits per heavy atom. The maximum atomic E-state index is 12.6. The van der Waals surface area contributed by atoms with Crippen molar-refractivity contribution in [3.8, 4) is 5.75 Å². The van der Waals surface area contributed by atoms with Crippen LogP contribution in [0.3, 0.4) is 0 Å². The number of nitrogens with zero attached hydrogens (tertiary/aromatic N) is 2. The SMILES string of the molecule is CC(=NNc1ccc(C=NNC(=O)Nc2ccccc2C(C)C)cc1)c1ccccc1OC(F)(F)F. The lowest BCUT2D eigenvalue weighted by Crippen LogP contribution is -2.24. The third kappa shape index (κ3) is 7.86. The summed E-state index contributed by atoms with van der Waals surface area (Å²) in [5.41, 5.74) is 8.83. The smallest absolute Gasteiger partial charge is 0.405 e. The van der Waals surface area contributed by atoms with Crippen LogP contribution >= 0.6 is 0 Å². The monoisotopic (exact) mass is 497 g/mol. The molecule has 0 aromatic heterocycles. The van der Waals surface area contributed by atoms with Crippen molar-refractivity contribution in [2.75, 3.05) is 10.7 Å². The molecule has 0 saturated heterocycles. The quantitative estimate of drug-likeness (QED) is 0.239. The second-order valence-corrected chi connectivity index (χ2v) is 8.04. The largest absolute Gasteiger partial charge is 0.573 e. The minimum atomic E-state index is -4.80. The fourth-order valence-electron chi connectivity index (χ4n) is 3.26. The average Bonchev–Trinajstić information content (AvgIpc) is 2.83. The molecule has 0 aliphatic heterocycles. The summed E-state index contributed by atoms with van der Waals surface area (Å²) < 4.78 is 42.0. The van der Waals surface area contributed by atoms with Crippen molar-refractivity contribution in [3.05, 3.63) is 89.5 Å². The molecule has 0 unspecified atom stereocenters. The van der Waals surface area contributed by atoms with E-state index in [1.807, 2.05) is 38.1 Å². The van der Waals surface area contributed by atoms with Gasteiger partial charge >= 0.3 is 12.4 Å². The molecule has 0 aliphatic rings. The molecule has 188 valence electrons. The Morgan fingerprint density at radius 1 is 0.972 bits per heavy atom. The minimum absolute atomic E-state index is 0.214. The van der Waals surface area contributed by atoms with Gasteiger partial charge < -0.3 is 10.1 Å². The highest BCUT2D eigenvalue weighted by molar-refractivity contribution is 6.01. The number of para-hydroxylation sites is 2. The Labute approximate surface area is 207 Å². The van der Waals surface area contributed by atoms with Gasteiger partial charge in [0.25, 0.3) is 0 Å². The van der Waals surface area contributed by atoms with Crippen LogP contribution in [0.25, 0.3) is 0 Å². The lowest BCUT2D eigenvalue weighted by atomic mass is 10.0. The maximum Gasteiger partial charge on any atom is 0.573 e. The fraction of sp³-hybridized carbons (Fsp3) is 0.192. The highest BCUT2D eigenvalue weighted by Crippen LogP contribution is 2.27. The summed E-state index contributed by atoms with van der Waals surface area (Å²) in [6.07, 6.45) is -3.31.